The molecular formula is C16H20FN3O. The van der Waals surface area contributed by atoms with Crippen molar-refractivity contribution >= 4 is 5.95 Å². The molecule has 0 aliphatic carbocycles. The molecule has 0 radical (unpaired) electrons. The minimum atomic E-state index is -0.254. The Balaban J connectivity index is 2.17. The molecule has 5 heteroatoms. The molecule has 0 fully saturated rings. The van der Waals surface area contributed by atoms with Gasteiger partial charge in [-0.3, -0.25) is 0 Å². The highest BCUT2D eigenvalue weighted by Crippen LogP contribution is 2.20. The summed E-state index contributed by atoms with van der Waals surface area (Å²) < 4.78 is 18.8. The Morgan fingerprint density at radius 3 is 2.57 bits per heavy atom. The number of nitrogens with zero attached hydrogens (tertiary/aromatic N) is 2. The summed E-state index contributed by atoms with van der Waals surface area (Å²) in [5, 5.41) is 3.17. The van der Waals surface area contributed by atoms with Gasteiger partial charge in [-0.15, -0.1) is 0 Å². The highest BCUT2D eigenvalue weighted by atomic mass is 19.1. The molecule has 1 heterocycles. The van der Waals surface area contributed by atoms with Crippen molar-refractivity contribution in [3.63, 3.8) is 0 Å². The molecule has 21 heavy (non-hydrogen) atoms. The molecule has 0 amide bonds. The first kappa shape index (κ1) is 15.2. The Bertz CT molecular complexity index is 616. The number of nitrogens with one attached hydrogen (secondary N) is 1. The van der Waals surface area contributed by atoms with E-state index in [4.69, 9.17) is 4.74 Å². The molecule has 1 aromatic heterocycles. The predicted octanol–water partition coefficient (Wildman–Crippen LogP) is 3.88. The highest BCUT2D eigenvalue weighted by Gasteiger charge is 2.10. The smallest absolute Gasteiger partial charge is 0.226 e. The van der Waals surface area contributed by atoms with E-state index in [1.165, 1.54) is 12.1 Å². The minimum Gasteiger partial charge on any atom is -0.475 e. The van der Waals surface area contributed by atoms with Gasteiger partial charge in [-0.25, -0.2) is 9.37 Å². The van der Waals surface area contributed by atoms with Gasteiger partial charge in [-0.2, -0.15) is 4.98 Å². The number of hydrogen-bond acceptors (Lipinski definition) is 4. The van der Waals surface area contributed by atoms with Crippen LogP contribution in [0.5, 0.6) is 5.88 Å². The standard InChI is InChI=1S/C16H20FN3O/c1-10(2)21-15-8-11(3)18-16(20-15)19-12(4)13-6-5-7-14(17)9-13/h5-10,12H,1-4H3,(H,18,19,20). The second kappa shape index (κ2) is 6.52. The molecule has 4 nitrogen and oxygen atoms in total. The summed E-state index contributed by atoms with van der Waals surface area (Å²) in [4.78, 5) is 8.66. The van der Waals surface area contributed by atoms with E-state index in [9.17, 15) is 4.39 Å². The summed E-state index contributed by atoms with van der Waals surface area (Å²) in [6.45, 7) is 7.70. The lowest BCUT2D eigenvalue weighted by Crippen LogP contribution is -2.12. The maximum absolute atomic E-state index is 13.3. The molecule has 1 unspecified atom stereocenters. The van der Waals surface area contributed by atoms with Gasteiger partial charge in [-0.1, -0.05) is 12.1 Å². The third-order valence-electron chi connectivity index (χ3n) is 2.88. The molecule has 2 rings (SSSR count). The number of halogens is 1. The van der Waals surface area contributed by atoms with Gasteiger partial charge in [0.05, 0.1) is 12.1 Å². The first-order chi connectivity index (χ1) is 9.94. The van der Waals surface area contributed by atoms with Crippen LogP contribution < -0.4 is 10.1 Å². The average molecular weight is 289 g/mol. The third-order valence-corrected chi connectivity index (χ3v) is 2.88. The van der Waals surface area contributed by atoms with Gasteiger partial charge in [0.15, 0.2) is 0 Å². The van der Waals surface area contributed by atoms with E-state index >= 15 is 0 Å². The molecule has 1 atom stereocenters. The summed E-state index contributed by atoms with van der Waals surface area (Å²) in [5.41, 5.74) is 1.65. The molecule has 0 aliphatic rings. The van der Waals surface area contributed by atoms with Crippen molar-refractivity contribution in [1.29, 1.82) is 0 Å². The van der Waals surface area contributed by atoms with Crippen LogP contribution >= 0.6 is 0 Å². The van der Waals surface area contributed by atoms with Crippen LogP contribution in [0.1, 0.15) is 38.1 Å². The summed E-state index contributed by atoms with van der Waals surface area (Å²) in [6, 6.07) is 8.16. The van der Waals surface area contributed by atoms with E-state index in [0.717, 1.165) is 11.3 Å². The van der Waals surface area contributed by atoms with Crippen molar-refractivity contribution in [1.82, 2.24) is 9.97 Å². The van der Waals surface area contributed by atoms with Crippen LogP contribution in [0, 0.1) is 12.7 Å². The summed E-state index contributed by atoms with van der Waals surface area (Å²) in [7, 11) is 0. The largest absolute Gasteiger partial charge is 0.475 e. The Kier molecular flexibility index (Phi) is 4.73. The van der Waals surface area contributed by atoms with Crippen LogP contribution in [0.25, 0.3) is 0 Å². The molecule has 0 bridgehead atoms. The molecule has 0 aliphatic heterocycles. The van der Waals surface area contributed by atoms with Crippen molar-refractivity contribution in [2.45, 2.75) is 39.8 Å². The summed E-state index contributed by atoms with van der Waals surface area (Å²) in [5.74, 6) is 0.754. The second-order valence-electron chi connectivity index (χ2n) is 5.26. The van der Waals surface area contributed by atoms with Crippen LogP contribution in [-0.4, -0.2) is 16.1 Å². The quantitative estimate of drug-likeness (QED) is 0.907. The first-order valence-corrected chi connectivity index (χ1v) is 6.98. The Hall–Kier alpha value is -2.17. The van der Waals surface area contributed by atoms with Crippen LogP contribution in [0.3, 0.4) is 0 Å². The van der Waals surface area contributed by atoms with Gasteiger partial charge in [0.25, 0.3) is 0 Å². The first-order valence-electron chi connectivity index (χ1n) is 6.98. The van der Waals surface area contributed by atoms with Crippen molar-refractivity contribution in [3.05, 3.63) is 47.4 Å². The number of aryl methyl sites for hydroxylation is 1. The monoisotopic (exact) mass is 289 g/mol. The zero-order valence-electron chi connectivity index (χ0n) is 12.7. The second-order valence-corrected chi connectivity index (χ2v) is 5.26. The average Bonchev–Trinajstić information content (AvgIpc) is 2.37. The number of hydrogen-bond donors (Lipinski definition) is 1. The lowest BCUT2D eigenvalue weighted by atomic mass is 10.1. The molecule has 0 saturated heterocycles. The van der Waals surface area contributed by atoms with Gasteiger partial charge in [0.2, 0.25) is 11.8 Å². The number of ether oxygens (including phenoxy) is 1. The molecule has 2 aromatic rings. The molecule has 1 aromatic carbocycles. The van der Waals surface area contributed by atoms with Gasteiger partial charge in [0, 0.05) is 11.8 Å². The highest BCUT2D eigenvalue weighted by molar-refractivity contribution is 5.35. The van der Waals surface area contributed by atoms with Gasteiger partial charge < -0.3 is 10.1 Å². The van der Waals surface area contributed by atoms with Crippen molar-refractivity contribution in [2.75, 3.05) is 5.32 Å². The molecule has 0 spiro atoms. The maximum Gasteiger partial charge on any atom is 0.226 e. The lowest BCUT2D eigenvalue weighted by molar-refractivity contribution is 0.232. The van der Waals surface area contributed by atoms with E-state index in [-0.39, 0.29) is 18.0 Å². The zero-order valence-corrected chi connectivity index (χ0v) is 12.7. The van der Waals surface area contributed by atoms with Crippen molar-refractivity contribution in [3.8, 4) is 5.88 Å². The molecule has 1 N–H and O–H groups in total. The van der Waals surface area contributed by atoms with Gasteiger partial charge in [-0.05, 0) is 45.4 Å². The fourth-order valence-electron chi connectivity index (χ4n) is 1.96. The van der Waals surface area contributed by atoms with E-state index in [0.29, 0.717) is 11.8 Å². The number of aromatic nitrogens is 2. The molecule has 0 saturated carbocycles. The SMILES string of the molecule is Cc1cc(OC(C)C)nc(NC(C)c2cccc(F)c2)n1. The van der Waals surface area contributed by atoms with Crippen LogP contribution in [0.4, 0.5) is 10.3 Å². The Morgan fingerprint density at radius 1 is 1.14 bits per heavy atom. The minimum absolute atomic E-state index is 0.0489. The van der Waals surface area contributed by atoms with Gasteiger partial charge in [0.1, 0.15) is 5.82 Å². The fourth-order valence-corrected chi connectivity index (χ4v) is 1.96. The summed E-state index contributed by atoms with van der Waals surface area (Å²) in [6.07, 6.45) is 0.0489. The van der Waals surface area contributed by atoms with E-state index in [2.05, 4.69) is 15.3 Å². The Labute approximate surface area is 124 Å². The fraction of sp³-hybridized carbons (Fsp3) is 0.375. The number of anilines is 1. The zero-order chi connectivity index (χ0) is 15.4. The predicted molar refractivity (Wildman–Crippen MR) is 81.0 cm³/mol. The van der Waals surface area contributed by atoms with Crippen LogP contribution in [0.15, 0.2) is 30.3 Å². The summed E-state index contributed by atoms with van der Waals surface area (Å²) >= 11 is 0. The molecular weight excluding hydrogens is 269 g/mol. The van der Waals surface area contributed by atoms with Crippen molar-refractivity contribution in [2.24, 2.45) is 0 Å². The van der Waals surface area contributed by atoms with Crippen molar-refractivity contribution < 1.29 is 9.13 Å². The van der Waals surface area contributed by atoms with E-state index in [1.807, 2.05) is 33.8 Å². The van der Waals surface area contributed by atoms with Crippen LogP contribution in [0.2, 0.25) is 0 Å². The third kappa shape index (κ3) is 4.41. The van der Waals surface area contributed by atoms with Crippen LogP contribution in [-0.2, 0) is 0 Å². The molecule has 112 valence electrons. The maximum atomic E-state index is 13.3. The van der Waals surface area contributed by atoms with E-state index in [1.54, 1.807) is 12.1 Å². The number of benzene rings is 1. The normalized spacial score (nSPS) is 12.3. The van der Waals surface area contributed by atoms with E-state index < -0.39 is 0 Å². The Morgan fingerprint density at radius 2 is 1.90 bits per heavy atom. The lowest BCUT2D eigenvalue weighted by Gasteiger charge is -2.16. The van der Waals surface area contributed by atoms with Gasteiger partial charge >= 0.3 is 0 Å². The number of rotatable bonds is 5. The topological polar surface area (TPSA) is 47.0 Å².